The Morgan fingerprint density at radius 3 is 2.56 bits per heavy atom. The van der Waals surface area contributed by atoms with Gasteiger partial charge in [0.25, 0.3) is 15.9 Å². The maximum Gasteiger partial charge on any atom is 0.264 e. The Hall–Kier alpha value is -2.09. The molecular weight excluding hydrogens is 411 g/mol. The Kier molecular flexibility index (Phi) is 5.46. The lowest BCUT2D eigenvalue weighted by molar-refractivity contribution is -0.117. The first-order chi connectivity index (χ1) is 12.7. The van der Waals surface area contributed by atoms with E-state index in [2.05, 4.69) is 0 Å². The number of nitrogens with zero attached hydrogens (tertiary/aromatic N) is 1. The number of benzene rings is 2. The zero-order valence-corrected chi connectivity index (χ0v) is 16.7. The highest BCUT2D eigenvalue weighted by atomic mass is 35.5. The highest BCUT2D eigenvalue weighted by Crippen LogP contribution is 2.26. The zero-order chi connectivity index (χ0) is 19.8. The molecule has 0 radical (unpaired) electrons. The van der Waals surface area contributed by atoms with E-state index in [1.807, 2.05) is 4.72 Å². The molecule has 1 aliphatic heterocycles. The van der Waals surface area contributed by atoms with Gasteiger partial charge in [0.2, 0.25) is 5.91 Å². The molecule has 2 aromatic carbocycles. The average molecular weight is 427 g/mol. The number of carbonyl (C=O) groups is 2. The number of amides is 2. The van der Waals surface area contributed by atoms with E-state index >= 15 is 0 Å². The number of rotatable bonds is 4. The lowest BCUT2D eigenvalue weighted by Crippen LogP contribution is -2.37. The number of hydrogen-bond acceptors (Lipinski definition) is 4. The van der Waals surface area contributed by atoms with Gasteiger partial charge in [-0.2, -0.15) is 0 Å². The minimum absolute atomic E-state index is 0.0396. The molecule has 142 valence electrons. The van der Waals surface area contributed by atoms with Crippen LogP contribution in [0.15, 0.2) is 41.3 Å². The van der Waals surface area contributed by atoms with Crippen molar-refractivity contribution in [1.29, 1.82) is 0 Å². The monoisotopic (exact) mass is 426 g/mol. The van der Waals surface area contributed by atoms with E-state index in [1.54, 1.807) is 23.1 Å². The molecule has 0 bridgehead atoms. The summed E-state index contributed by atoms with van der Waals surface area (Å²) in [5, 5.41) is 0.871. The predicted octanol–water partition coefficient (Wildman–Crippen LogP) is 3.02. The van der Waals surface area contributed by atoms with Gasteiger partial charge in [0.15, 0.2) is 0 Å². The van der Waals surface area contributed by atoms with Crippen molar-refractivity contribution in [2.75, 3.05) is 6.54 Å². The minimum Gasteiger partial charge on any atom is -0.334 e. The molecule has 0 unspecified atom stereocenters. The van der Waals surface area contributed by atoms with Crippen molar-refractivity contribution >= 4 is 45.0 Å². The molecule has 0 aromatic heterocycles. The number of halogens is 2. The number of sulfonamides is 1. The van der Waals surface area contributed by atoms with Gasteiger partial charge in [-0.15, -0.1) is 0 Å². The van der Waals surface area contributed by atoms with Gasteiger partial charge in [-0.25, -0.2) is 13.1 Å². The lowest BCUT2D eigenvalue weighted by Gasteiger charge is -2.29. The van der Waals surface area contributed by atoms with Crippen LogP contribution in [-0.4, -0.2) is 31.7 Å². The van der Waals surface area contributed by atoms with E-state index in [-0.39, 0.29) is 10.8 Å². The Bertz CT molecular complexity index is 1040. The van der Waals surface area contributed by atoms with Crippen molar-refractivity contribution in [3.63, 3.8) is 0 Å². The molecular formula is C18H16Cl2N2O4S. The summed E-state index contributed by atoms with van der Waals surface area (Å²) in [6.45, 7) is 1.94. The maximum atomic E-state index is 12.8. The third-order valence-electron chi connectivity index (χ3n) is 4.19. The van der Waals surface area contributed by atoms with Crippen LogP contribution in [0.4, 0.5) is 0 Å². The van der Waals surface area contributed by atoms with Gasteiger partial charge in [0, 0.05) is 25.6 Å². The van der Waals surface area contributed by atoms with Crippen LogP contribution in [0.25, 0.3) is 0 Å². The topological polar surface area (TPSA) is 83.6 Å². The fraction of sp³-hybridized carbons (Fsp3) is 0.222. The van der Waals surface area contributed by atoms with Crippen LogP contribution in [0, 0.1) is 0 Å². The molecule has 1 heterocycles. The number of nitrogens with one attached hydrogen (secondary N) is 1. The van der Waals surface area contributed by atoms with Gasteiger partial charge in [0.1, 0.15) is 0 Å². The lowest BCUT2D eigenvalue weighted by atomic mass is 9.98. The first-order valence-corrected chi connectivity index (χ1v) is 10.3. The Balaban J connectivity index is 1.83. The van der Waals surface area contributed by atoms with Crippen LogP contribution in [0.3, 0.4) is 0 Å². The molecule has 3 rings (SSSR count). The van der Waals surface area contributed by atoms with Crippen molar-refractivity contribution in [2.24, 2.45) is 0 Å². The van der Waals surface area contributed by atoms with Gasteiger partial charge in [-0.1, -0.05) is 29.3 Å². The first kappa shape index (κ1) is 19.7. The van der Waals surface area contributed by atoms with Crippen molar-refractivity contribution < 1.29 is 18.0 Å². The molecule has 0 aliphatic carbocycles. The normalized spacial score (nSPS) is 14.0. The summed E-state index contributed by atoms with van der Waals surface area (Å²) in [6, 6.07) is 9.45. The second-order valence-electron chi connectivity index (χ2n) is 6.21. The van der Waals surface area contributed by atoms with E-state index < -0.39 is 15.9 Å². The Morgan fingerprint density at radius 1 is 1.15 bits per heavy atom. The highest BCUT2D eigenvalue weighted by Gasteiger charge is 2.26. The molecule has 0 saturated heterocycles. The zero-order valence-electron chi connectivity index (χ0n) is 14.3. The van der Waals surface area contributed by atoms with Gasteiger partial charge in [-0.3, -0.25) is 9.59 Å². The summed E-state index contributed by atoms with van der Waals surface area (Å²) in [4.78, 5) is 25.5. The second-order valence-corrected chi connectivity index (χ2v) is 8.70. The quantitative estimate of drug-likeness (QED) is 0.813. The summed E-state index contributed by atoms with van der Waals surface area (Å²) in [7, 11) is -3.93. The fourth-order valence-electron chi connectivity index (χ4n) is 2.94. The molecule has 0 fully saturated rings. The predicted molar refractivity (Wildman–Crippen MR) is 102 cm³/mol. The van der Waals surface area contributed by atoms with Crippen LogP contribution in [0.1, 0.15) is 28.4 Å². The van der Waals surface area contributed by atoms with Crippen molar-refractivity contribution in [2.45, 2.75) is 24.8 Å². The van der Waals surface area contributed by atoms with E-state index in [1.165, 1.54) is 18.2 Å². The third-order valence-corrected chi connectivity index (χ3v) is 6.36. The van der Waals surface area contributed by atoms with E-state index in [4.69, 9.17) is 23.2 Å². The van der Waals surface area contributed by atoms with Gasteiger partial charge >= 0.3 is 0 Å². The van der Waals surface area contributed by atoms with E-state index in [0.29, 0.717) is 40.7 Å². The van der Waals surface area contributed by atoms with Gasteiger partial charge < -0.3 is 4.90 Å². The molecule has 0 spiro atoms. The van der Waals surface area contributed by atoms with Crippen LogP contribution in [0.5, 0.6) is 0 Å². The van der Waals surface area contributed by atoms with Crippen molar-refractivity contribution in [3.05, 3.63) is 63.1 Å². The largest absolute Gasteiger partial charge is 0.334 e. The summed E-state index contributed by atoms with van der Waals surface area (Å²) in [5.41, 5.74) is 1.94. The van der Waals surface area contributed by atoms with E-state index in [0.717, 1.165) is 12.5 Å². The minimum atomic E-state index is -3.93. The van der Waals surface area contributed by atoms with Crippen molar-refractivity contribution in [1.82, 2.24) is 9.62 Å². The summed E-state index contributed by atoms with van der Waals surface area (Å²) in [6.07, 6.45) is 0.506. The number of carbonyl (C=O) groups excluding carboxylic acids is 2. The molecule has 0 atom stereocenters. The van der Waals surface area contributed by atoms with Crippen LogP contribution in [0.2, 0.25) is 10.0 Å². The first-order valence-electron chi connectivity index (χ1n) is 8.07. The molecule has 9 heteroatoms. The molecule has 2 aromatic rings. The maximum absolute atomic E-state index is 12.8. The molecule has 1 N–H and O–H groups in total. The molecule has 27 heavy (non-hydrogen) atoms. The number of hydrogen-bond donors (Lipinski definition) is 1. The third kappa shape index (κ3) is 4.26. The SMILES string of the molecule is CC(=O)NS(=O)(=O)c1ccc2c(c1)CCN(Cc1ccc(Cl)c(Cl)c1)C2=O. The number of fused-ring (bicyclic) bond motifs is 1. The van der Waals surface area contributed by atoms with Crippen LogP contribution in [-0.2, 0) is 27.8 Å². The molecule has 1 aliphatic rings. The molecule has 2 amide bonds. The van der Waals surface area contributed by atoms with Crippen LogP contribution < -0.4 is 4.72 Å². The van der Waals surface area contributed by atoms with Gasteiger partial charge in [-0.05, 0) is 47.9 Å². The molecule has 0 saturated carbocycles. The smallest absolute Gasteiger partial charge is 0.264 e. The summed E-state index contributed by atoms with van der Waals surface area (Å²) in [5.74, 6) is -0.859. The van der Waals surface area contributed by atoms with Crippen molar-refractivity contribution in [3.8, 4) is 0 Å². The summed E-state index contributed by atoms with van der Waals surface area (Å²) >= 11 is 11.9. The molecule has 6 nitrogen and oxygen atoms in total. The fourth-order valence-corrected chi connectivity index (χ4v) is 4.30. The Morgan fingerprint density at radius 2 is 1.89 bits per heavy atom. The average Bonchev–Trinajstić information content (AvgIpc) is 2.59. The Labute approximate surface area is 167 Å². The van der Waals surface area contributed by atoms with E-state index in [9.17, 15) is 18.0 Å². The highest BCUT2D eigenvalue weighted by molar-refractivity contribution is 7.90. The summed E-state index contributed by atoms with van der Waals surface area (Å²) < 4.78 is 26.2. The second kappa shape index (κ2) is 7.50. The van der Waals surface area contributed by atoms with Crippen LogP contribution >= 0.6 is 23.2 Å². The standard InChI is InChI=1S/C18H16Cl2N2O4S/c1-11(23)21-27(25,26)14-3-4-15-13(9-14)6-7-22(18(15)24)10-12-2-5-16(19)17(20)8-12/h2-5,8-9H,6-7,10H2,1H3,(H,21,23). The van der Waals surface area contributed by atoms with Gasteiger partial charge in [0.05, 0.1) is 14.9 Å².